The van der Waals surface area contributed by atoms with Crippen LogP contribution >= 0.6 is 0 Å². The average molecular weight is 427 g/mol. The molecule has 3 aromatic carbocycles. The number of aliphatic imine (C=N–C) groups is 1. The summed E-state index contributed by atoms with van der Waals surface area (Å²) in [6, 6.07) is 29.7. The lowest BCUT2D eigenvalue weighted by Crippen LogP contribution is -2.25. The number of nitrogens with zero attached hydrogens (tertiary/aromatic N) is 1. The molecule has 2 nitrogen and oxygen atoms in total. The molecule has 3 aliphatic carbocycles. The number of rotatable bonds is 6. The van der Waals surface area contributed by atoms with Gasteiger partial charge in [-0.1, -0.05) is 97.1 Å². The van der Waals surface area contributed by atoms with Crippen LogP contribution in [-0.4, -0.2) is 12.3 Å². The first-order valence-corrected chi connectivity index (χ1v) is 11.7. The minimum atomic E-state index is 0.232. The number of nitrogens with one attached hydrogen (secondary N) is 1. The largest absolute Gasteiger partial charge is 0.378 e. The molecule has 3 atom stereocenters. The molecule has 0 bridgehead atoms. The third-order valence-electron chi connectivity index (χ3n) is 6.66. The van der Waals surface area contributed by atoms with Gasteiger partial charge in [0.25, 0.3) is 0 Å². The van der Waals surface area contributed by atoms with Crippen molar-refractivity contribution in [3.63, 3.8) is 0 Å². The first-order chi connectivity index (χ1) is 16.3. The average Bonchev–Trinajstić information content (AvgIpc) is 3.55. The van der Waals surface area contributed by atoms with Gasteiger partial charge in [0.05, 0.1) is 11.7 Å². The summed E-state index contributed by atoms with van der Waals surface area (Å²) in [6.07, 6.45) is 14.5. The van der Waals surface area contributed by atoms with Crippen molar-refractivity contribution in [2.75, 3.05) is 0 Å². The van der Waals surface area contributed by atoms with Gasteiger partial charge in [0, 0.05) is 17.8 Å². The van der Waals surface area contributed by atoms with E-state index in [1.165, 1.54) is 34.4 Å². The van der Waals surface area contributed by atoms with E-state index in [2.05, 4.69) is 107 Å². The first-order valence-electron chi connectivity index (χ1n) is 11.7. The maximum absolute atomic E-state index is 4.66. The van der Waals surface area contributed by atoms with Crippen LogP contribution in [0.5, 0.6) is 0 Å². The van der Waals surface area contributed by atoms with Gasteiger partial charge < -0.3 is 5.32 Å². The molecule has 0 saturated heterocycles. The van der Waals surface area contributed by atoms with E-state index in [-0.39, 0.29) is 6.04 Å². The molecular formula is C31H26N2. The molecule has 1 saturated carbocycles. The SMILES string of the molecule is C1=CC(NC2=CC=C(c3ccccc3)C3CC23)C=C1c1cccc(N=Cc2ccccc2)c1. The van der Waals surface area contributed by atoms with Crippen LogP contribution in [0.15, 0.2) is 126 Å². The minimum Gasteiger partial charge on any atom is -0.378 e. The smallest absolute Gasteiger partial charge is 0.0637 e. The number of hydrogen-bond donors (Lipinski definition) is 1. The van der Waals surface area contributed by atoms with Gasteiger partial charge in [-0.3, -0.25) is 4.99 Å². The first kappa shape index (κ1) is 19.8. The van der Waals surface area contributed by atoms with Crippen LogP contribution in [-0.2, 0) is 0 Å². The fourth-order valence-corrected chi connectivity index (χ4v) is 4.85. The minimum absolute atomic E-state index is 0.232. The van der Waals surface area contributed by atoms with E-state index in [1.807, 2.05) is 24.4 Å². The molecule has 0 heterocycles. The van der Waals surface area contributed by atoms with E-state index in [9.17, 15) is 0 Å². The molecule has 0 amide bonds. The summed E-state index contributed by atoms with van der Waals surface area (Å²) in [4.78, 5) is 4.66. The summed E-state index contributed by atoms with van der Waals surface area (Å²) in [5.74, 6) is 1.29. The fourth-order valence-electron chi connectivity index (χ4n) is 4.85. The molecule has 2 heteroatoms. The van der Waals surface area contributed by atoms with Crippen molar-refractivity contribution in [1.29, 1.82) is 0 Å². The molecule has 3 aromatic rings. The van der Waals surface area contributed by atoms with Crippen LogP contribution in [0.3, 0.4) is 0 Å². The zero-order valence-electron chi connectivity index (χ0n) is 18.4. The van der Waals surface area contributed by atoms with Crippen molar-refractivity contribution < 1.29 is 0 Å². The second-order valence-electron chi connectivity index (χ2n) is 8.93. The van der Waals surface area contributed by atoms with Crippen LogP contribution in [0, 0.1) is 11.8 Å². The Bertz CT molecular complexity index is 1310. The highest BCUT2D eigenvalue weighted by atomic mass is 14.9. The Hall–Kier alpha value is -3.91. The molecule has 0 radical (unpaired) electrons. The van der Waals surface area contributed by atoms with E-state index in [0.717, 1.165) is 11.3 Å². The molecule has 6 rings (SSSR count). The van der Waals surface area contributed by atoms with Crippen LogP contribution in [0.4, 0.5) is 5.69 Å². The topological polar surface area (TPSA) is 24.4 Å². The molecule has 1 N–H and O–H groups in total. The summed E-state index contributed by atoms with van der Waals surface area (Å²) in [5, 5.41) is 3.77. The van der Waals surface area contributed by atoms with Gasteiger partial charge in [0.15, 0.2) is 0 Å². The maximum Gasteiger partial charge on any atom is 0.0637 e. The van der Waals surface area contributed by atoms with E-state index in [4.69, 9.17) is 0 Å². The molecular weight excluding hydrogens is 400 g/mol. The molecule has 0 spiro atoms. The number of benzene rings is 3. The van der Waals surface area contributed by atoms with Crippen molar-refractivity contribution in [2.45, 2.75) is 12.5 Å². The molecule has 0 aliphatic heterocycles. The van der Waals surface area contributed by atoms with Crippen molar-refractivity contribution in [3.8, 4) is 0 Å². The molecule has 3 unspecified atom stereocenters. The Labute approximate surface area is 195 Å². The van der Waals surface area contributed by atoms with Crippen LogP contribution < -0.4 is 5.32 Å². The maximum atomic E-state index is 4.66. The summed E-state index contributed by atoms with van der Waals surface area (Å²) >= 11 is 0. The van der Waals surface area contributed by atoms with Crippen molar-refractivity contribution >= 4 is 23.0 Å². The van der Waals surface area contributed by atoms with Gasteiger partial charge in [0.2, 0.25) is 0 Å². The van der Waals surface area contributed by atoms with Crippen LogP contribution in [0.1, 0.15) is 23.1 Å². The Morgan fingerprint density at radius 2 is 1.58 bits per heavy atom. The van der Waals surface area contributed by atoms with Crippen molar-refractivity contribution in [1.82, 2.24) is 5.32 Å². The van der Waals surface area contributed by atoms with Gasteiger partial charge >= 0.3 is 0 Å². The highest BCUT2D eigenvalue weighted by Gasteiger charge is 2.44. The Morgan fingerprint density at radius 1 is 0.788 bits per heavy atom. The summed E-state index contributed by atoms with van der Waals surface area (Å²) in [5.41, 5.74) is 8.73. The Balaban J connectivity index is 1.15. The van der Waals surface area contributed by atoms with Crippen molar-refractivity contribution in [3.05, 3.63) is 138 Å². The van der Waals surface area contributed by atoms with Gasteiger partial charge in [-0.05, 0) is 58.4 Å². The highest BCUT2D eigenvalue weighted by molar-refractivity contribution is 5.83. The van der Waals surface area contributed by atoms with E-state index < -0.39 is 0 Å². The summed E-state index contributed by atoms with van der Waals surface area (Å²) in [7, 11) is 0. The summed E-state index contributed by atoms with van der Waals surface area (Å²) in [6.45, 7) is 0. The van der Waals surface area contributed by atoms with E-state index >= 15 is 0 Å². The second kappa shape index (κ2) is 8.55. The third kappa shape index (κ3) is 4.25. The molecule has 0 aromatic heterocycles. The summed E-state index contributed by atoms with van der Waals surface area (Å²) < 4.78 is 0. The van der Waals surface area contributed by atoms with Crippen molar-refractivity contribution in [2.24, 2.45) is 16.8 Å². The number of hydrogen-bond acceptors (Lipinski definition) is 2. The zero-order chi connectivity index (χ0) is 22.0. The molecule has 33 heavy (non-hydrogen) atoms. The third-order valence-corrected chi connectivity index (χ3v) is 6.66. The quantitative estimate of drug-likeness (QED) is 0.423. The monoisotopic (exact) mass is 426 g/mol. The van der Waals surface area contributed by atoms with Crippen LogP contribution in [0.25, 0.3) is 11.1 Å². The lowest BCUT2D eigenvalue weighted by Gasteiger charge is -2.18. The van der Waals surface area contributed by atoms with Gasteiger partial charge in [-0.25, -0.2) is 0 Å². The molecule has 160 valence electrons. The predicted octanol–water partition coefficient (Wildman–Crippen LogP) is 6.97. The predicted molar refractivity (Wildman–Crippen MR) is 138 cm³/mol. The van der Waals surface area contributed by atoms with E-state index in [1.54, 1.807) is 0 Å². The Kier molecular flexibility index (Phi) is 5.12. The standard InChI is InChI=1S/C31H26N2/c1-3-8-22(9-4-1)21-32-26-13-7-12-24(18-26)25-14-15-27(19-25)33-31-17-16-28(29-20-30(29)31)23-10-5-2-6-11-23/h1-19,21,27,29-30,33H,20H2. The molecule has 1 fully saturated rings. The normalized spacial score (nSPS) is 23.0. The van der Waals surface area contributed by atoms with Crippen LogP contribution in [0.2, 0.25) is 0 Å². The van der Waals surface area contributed by atoms with Gasteiger partial charge in [-0.2, -0.15) is 0 Å². The lowest BCUT2D eigenvalue weighted by molar-refractivity contribution is 0.713. The second-order valence-corrected chi connectivity index (χ2v) is 8.93. The number of fused-ring (bicyclic) bond motifs is 1. The van der Waals surface area contributed by atoms with Gasteiger partial charge in [-0.15, -0.1) is 0 Å². The molecule has 3 aliphatic rings. The lowest BCUT2D eigenvalue weighted by atomic mass is 9.95. The highest BCUT2D eigenvalue weighted by Crippen LogP contribution is 2.53. The zero-order valence-corrected chi connectivity index (χ0v) is 18.4. The van der Waals surface area contributed by atoms with E-state index in [0.29, 0.717) is 11.8 Å². The number of allylic oxidation sites excluding steroid dienone is 6. The Morgan fingerprint density at radius 3 is 2.42 bits per heavy atom. The van der Waals surface area contributed by atoms with Gasteiger partial charge in [0.1, 0.15) is 0 Å². The fraction of sp³-hybridized carbons (Fsp3) is 0.129.